The fraction of sp³-hybridized carbons (Fsp3) is 0.500. The lowest BCUT2D eigenvalue weighted by Crippen LogP contribution is -2.40. The summed E-state index contributed by atoms with van der Waals surface area (Å²) in [6.45, 7) is 4.61. The standard InChI is InChI=1S/C16H20N4O/c17-6-7-20(15-4-2-1-3-5-15)16(21)12-19-10-13-8-18-9-14(13)11-19/h1-5,13-14,18H,7-12H2. The van der Waals surface area contributed by atoms with Crippen LogP contribution in [0.4, 0.5) is 5.69 Å². The van der Waals surface area contributed by atoms with Crippen LogP contribution in [0.5, 0.6) is 0 Å². The van der Waals surface area contributed by atoms with E-state index in [2.05, 4.69) is 16.3 Å². The van der Waals surface area contributed by atoms with Gasteiger partial charge in [0.1, 0.15) is 6.54 Å². The molecule has 5 heteroatoms. The summed E-state index contributed by atoms with van der Waals surface area (Å²) < 4.78 is 0. The van der Waals surface area contributed by atoms with Gasteiger partial charge in [-0.15, -0.1) is 0 Å². The maximum absolute atomic E-state index is 12.5. The number of carbonyl (C=O) groups excluding carboxylic acids is 1. The molecule has 5 nitrogen and oxygen atoms in total. The quantitative estimate of drug-likeness (QED) is 0.827. The maximum Gasteiger partial charge on any atom is 0.242 e. The number of amides is 1. The Hall–Kier alpha value is -1.90. The second kappa shape index (κ2) is 6.25. The first-order valence-corrected chi connectivity index (χ1v) is 7.43. The Labute approximate surface area is 125 Å². The van der Waals surface area contributed by atoms with E-state index in [0.717, 1.165) is 31.9 Å². The van der Waals surface area contributed by atoms with E-state index in [1.54, 1.807) is 4.90 Å². The number of rotatable bonds is 4. The summed E-state index contributed by atoms with van der Waals surface area (Å²) in [6, 6.07) is 11.5. The number of fused-ring (bicyclic) bond motifs is 1. The van der Waals surface area contributed by atoms with E-state index in [1.165, 1.54) is 0 Å². The molecule has 2 heterocycles. The number of para-hydroxylation sites is 1. The zero-order valence-corrected chi connectivity index (χ0v) is 12.0. The lowest BCUT2D eigenvalue weighted by Gasteiger charge is -2.23. The van der Waals surface area contributed by atoms with Crippen LogP contribution in [0.2, 0.25) is 0 Å². The van der Waals surface area contributed by atoms with Gasteiger partial charge >= 0.3 is 0 Å². The second-order valence-corrected chi connectivity index (χ2v) is 5.85. The van der Waals surface area contributed by atoms with Crippen LogP contribution in [0.15, 0.2) is 30.3 Å². The van der Waals surface area contributed by atoms with Crippen LogP contribution in [0.1, 0.15) is 0 Å². The Bertz CT molecular complexity index is 527. The smallest absolute Gasteiger partial charge is 0.242 e. The highest BCUT2D eigenvalue weighted by molar-refractivity contribution is 5.95. The lowest BCUT2D eigenvalue weighted by atomic mass is 10.0. The van der Waals surface area contributed by atoms with Crippen LogP contribution < -0.4 is 10.2 Å². The van der Waals surface area contributed by atoms with Crippen LogP contribution in [-0.4, -0.2) is 50.1 Å². The predicted molar refractivity (Wildman–Crippen MR) is 80.7 cm³/mol. The largest absolute Gasteiger partial charge is 0.316 e. The van der Waals surface area contributed by atoms with Crippen LogP contribution in [0.3, 0.4) is 0 Å². The third-order valence-corrected chi connectivity index (χ3v) is 4.42. The first kappa shape index (κ1) is 14.1. The van der Waals surface area contributed by atoms with Gasteiger partial charge in [-0.05, 0) is 37.1 Å². The van der Waals surface area contributed by atoms with E-state index in [0.29, 0.717) is 18.4 Å². The zero-order chi connectivity index (χ0) is 14.7. The fourth-order valence-corrected chi connectivity index (χ4v) is 3.36. The number of hydrogen-bond acceptors (Lipinski definition) is 4. The Morgan fingerprint density at radius 3 is 2.57 bits per heavy atom. The number of likely N-dealkylation sites (tertiary alicyclic amines) is 1. The monoisotopic (exact) mass is 284 g/mol. The number of hydrogen-bond donors (Lipinski definition) is 1. The molecule has 1 aromatic carbocycles. The van der Waals surface area contributed by atoms with Gasteiger partial charge in [0, 0.05) is 18.8 Å². The highest BCUT2D eigenvalue weighted by Crippen LogP contribution is 2.26. The van der Waals surface area contributed by atoms with Gasteiger partial charge < -0.3 is 5.32 Å². The van der Waals surface area contributed by atoms with Gasteiger partial charge in [0.15, 0.2) is 0 Å². The van der Waals surface area contributed by atoms with E-state index in [4.69, 9.17) is 5.26 Å². The summed E-state index contributed by atoms with van der Waals surface area (Å²) in [5.74, 6) is 1.37. The van der Waals surface area contributed by atoms with Crippen LogP contribution in [-0.2, 0) is 4.79 Å². The molecule has 1 N–H and O–H groups in total. The number of anilines is 1. The van der Waals surface area contributed by atoms with E-state index in [-0.39, 0.29) is 12.5 Å². The molecule has 2 unspecified atom stereocenters. The first-order chi connectivity index (χ1) is 10.3. The summed E-state index contributed by atoms with van der Waals surface area (Å²) in [5, 5.41) is 12.4. The Morgan fingerprint density at radius 2 is 1.95 bits per heavy atom. The Balaban J connectivity index is 1.64. The van der Waals surface area contributed by atoms with E-state index in [1.807, 2.05) is 30.3 Å². The molecule has 21 heavy (non-hydrogen) atoms. The number of carbonyl (C=O) groups is 1. The molecule has 2 saturated heterocycles. The van der Waals surface area contributed by atoms with Gasteiger partial charge in [-0.3, -0.25) is 14.6 Å². The van der Waals surface area contributed by atoms with E-state index in [9.17, 15) is 4.79 Å². The van der Waals surface area contributed by atoms with Crippen LogP contribution >= 0.6 is 0 Å². The predicted octanol–water partition coefficient (Wildman–Crippen LogP) is 0.694. The summed E-state index contributed by atoms with van der Waals surface area (Å²) in [4.78, 5) is 16.3. The van der Waals surface area contributed by atoms with E-state index < -0.39 is 0 Å². The summed E-state index contributed by atoms with van der Waals surface area (Å²) in [6.07, 6.45) is 0. The van der Waals surface area contributed by atoms with Crippen molar-refractivity contribution in [3.8, 4) is 6.07 Å². The van der Waals surface area contributed by atoms with Crippen molar-refractivity contribution in [1.82, 2.24) is 10.2 Å². The van der Waals surface area contributed by atoms with Crippen molar-refractivity contribution in [2.24, 2.45) is 11.8 Å². The minimum atomic E-state index is 0.00989. The highest BCUT2D eigenvalue weighted by atomic mass is 16.2. The molecule has 0 bridgehead atoms. The summed E-state index contributed by atoms with van der Waals surface area (Å²) >= 11 is 0. The topological polar surface area (TPSA) is 59.4 Å². The molecule has 0 radical (unpaired) electrons. The molecule has 2 aliphatic heterocycles. The molecule has 110 valence electrons. The molecular weight excluding hydrogens is 264 g/mol. The SMILES string of the molecule is N#CCN(C(=O)CN1CC2CNCC2C1)c1ccccc1. The van der Waals surface area contributed by atoms with Gasteiger partial charge in [0.2, 0.25) is 5.91 Å². The van der Waals surface area contributed by atoms with Crippen LogP contribution in [0.25, 0.3) is 0 Å². The number of nitriles is 1. The molecule has 3 rings (SSSR count). The van der Waals surface area contributed by atoms with Crippen molar-refractivity contribution >= 4 is 11.6 Å². The van der Waals surface area contributed by atoms with E-state index >= 15 is 0 Å². The number of nitrogens with one attached hydrogen (secondary N) is 1. The van der Waals surface area contributed by atoms with Crippen molar-refractivity contribution in [2.75, 3.05) is 44.2 Å². The van der Waals surface area contributed by atoms with Crippen molar-refractivity contribution < 1.29 is 4.79 Å². The molecule has 0 aliphatic carbocycles. The third kappa shape index (κ3) is 3.07. The molecule has 0 aromatic heterocycles. The summed E-state index contributed by atoms with van der Waals surface area (Å²) in [7, 11) is 0. The average Bonchev–Trinajstić information content (AvgIpc) is 3.06. The van der Waals surface area contributed by atoms with Crippen molar-refractivity contribution in [3.05, 3.63) is 30.3 Å². The second-order valence-electron chi connectivity index (χ2n) is 5.85. The molecule has 2 atom stereocenters. The molecular formula is C16H20N4O. The van der Waals surface area contributed by atoms with Crippen molar-refractivity contribution in [1.29, 1.82) is 5.26 Å². The Kier molecular flexibility index (Phi) is 4.18. The minimum Gasteiger partial charge on any atom is -0.316 e. The molecule has 1 amide bonds. The van der Waals surface area contributed by atoms with Crippen molar-refractivity contribution in [3.63, 3.8) is 0 Å². The molecule has 0 spiro atoms. The first-order valence-electron chi connectivity index (χ1n) is 7.43. The minimum absolute atomic E-state index is 0.00989. The van der Waals surface area contributed by atoms with Crippen molar-refractivity contribution in [2.45, 2.75) is 0 Å². The van der Waals surface area contributed by atoms with Gasteiger partial charge in [-0.1, -0.05) is 18.2 Å². The molecule has 2 aliphatic rings. The fourth-order valence-electron chi connectivity index (χ4n) is 3.36. The normalized spacial score (nSPS) is 24.5. The maximum atomic E-state index is 12.5. The molecule has 2 fully saturated rings. The van der Waals surface area contributed by atoms with Crippen LogP contribution in [0, 0.1) is 23.2 Å². The highest BCUT2D eigenvalue weighted by Gasteiger charge is 2.37. The Morgan fingerprint density at radius 1 is 1.29 bits per heavy atom. The number of nitrogens with zero attached hydrogens (tertiary/aromatic N) is 3. The number of benzene rings is 1. The van der Waals surface area contributed by atoms with Gasteiger partial charge in [0.25, 0.3) is 0 Å². The summed E-state index contributed by atoms with van der Waals surface area (Å²) in [5.41, 5.74) is 0.796. The van der Waals surface area contributed by atoms with Gasteiger partial charge in [0.05, 0.1) is 12.6 Å². The lowest BCUT2D eigenvalue weighted by molar-refractivity contribution is -0.119. The molecule has 1 aromatic rings. The third-order valence-electron chi connectivity index (χ3n) is 4.42. The van der Waals surface area contributed by atoms with Gasteiger partial charge in [-0.25, -0.2) is 0 Å². The molecule has 0 saturated carbocycles. The average molecular weight is 284 g/mol. The zero-order valence-electron chi connectivity index (χ0n) is 12.0. The van der Waals surface area contributed by atoms with Gasteiger partial charge in [-0.2, -0.15) is 5.26 Å².